The maximum atomic E-state index is 14.3. The molecule has 4 atom stereocenters. The molecule has 0 amide bonds. The number of carbonyl (C=O) groups is 1. The summed E-state index contributed by atoms with van der Waals surface area (Å²) in [6.07, 6.45) is -4.35. The monoisotopic (exact) mass is 890 g/mol. The summed E-state index contributed by atoms with van der Waals surface area (Å²) in [7, 11) is 0. The van der Waals surface area contributed by atoms with Gasteiger partial charge in [0.2, 0.25) is 0 Å². The number of hydrogen-bond acceptors (Lipinski definition) is 12. The van der Waals surface area contributed by atoms with Crippen LogP contribution >= 0.6 is 0 Å². The predicted molar refractivity (Wildman–Crippen MR) is 245 cm³/mol. The van der Waals surface area contributed by atoms with Gasteiger partial charge in [-0.3, -0.25) is 0 Å². The molecule has 0 aromatic heterocycles. The number of phenolic OH excluding ortho intramolecular Hbond substituents is 3. The number of rotatable bonds is 19. The molecule has 0 fully saturated rings. The zero-order valence-electron chi connectivity index (χ0n) is 36.4. The molecule has 12 heteroatoms. The van der Waals surface area contributed by atoms with E-state index in [0.717, 1.165) is 34.4 Å². The Morgan fingerprint density at radius 2 is 1.09 bits per heavy atom. The van der Waals surface area contributed by atoms with Crippen molar-refractivity contribution in [2.24, 2.45) is 0 Å². The molecule has 0 saturated carbocycles. The Kier molecular flexibility index (Phi) is 14.5. The van der Waals surface area contributed by atoms with E-state index in [1.807, 2.05) is 128 Å². The molecule has 8 rings (SSSR count). The zero-order valence-corrected chi connectivity index (χ0v) is 36.4. The molecule has 0 radical (unpaired) electrons. The Balaban J connectivity index is 1.26. The van der Waals surface area contributed by atoms with E-state index in [4.69, 9.17) is 37.9 Å². The SMILES string of the molecule is CCOC(C)O[C@H]1c2c(OCc3ccccc3)cc(OCc3ccccc3)cc2O[C@H](c2ccc(OCc3ccccc3)c(OCc3ccccc3)c2)[C@H]1OC(=O)c1cc(O)c(O)c(O)c1. The molecule has 1 aliphatic heterocycles. The van der Waals surface area contributed by atoms with Crippen molar-refractivity contribution in [1.29, 1.82) is 0 Å². The highest BCUT2D eigenvalue weighted by molar-refractivity contribution is 5.91. The number of ether oxygens (including phenoxy) is 8. The van der Waals surface area contributed by atoms with E-state index in [2.05, 4.69) is 0 Å². The Morgan fingerprint density at radius 1 is 0.591 bits per heavy atom. The van der Waals surface area contributed by atoms with Crippen LogP contribution in [0.3, 0.4) is 0 Å². The first-order valence-corrected chi connectivity index (χ1v) is 21.6. The zero-order chi connectivity index (χ0) is 45.8. The van der Waals surface area contributed by atoms with E-state index < -0.39 is 47.8 Å². The van der Waals surface area contributed by atoms with Gasteiger partial charge in [-0.25, -0.2) is 4.79 Å². The van der Waals surface area contributed by atoms with Gasteiger partial charge < -0.3 is 53.2 Å². The number of benzene rings is 7. The van der Waals surface area contributed by atoms with Gasteiger partial charge in [0.25, 0.3) is 0 Å². The number of esters is 1. The fourth-order valence-corrected chi connectivity index (χ4v) is 7.49. The number of phenols is 3. The van der Waals surface area contributed by atoms with Gasteiger partial charge in [-0.15, -0.1) is 0 Å². The lowest BCUT2D eigenvalue weighted by atomic mass is 9.90. The predicted octanol–water partition coefficient (Wildman–Crippen LogP) is 10.9. The van der Waals surface area contributed by atoms with E-state index in [9.17, 15) is 20.1 Å². The lowest BCUT2D eigenvalue weighted by molar-refractivity contribution is -0.202. The summed E-state index contributed by atoms with van der Waals surface area (Å²) in [6.45, 7) is 4.79. The van der Waals surface area contributed by atoms with Gasteiger partial charge in [-0.1, -0.05) is 127 Å². The van der Waals surface area contributed by atoms with Gasteiger partial charge in [-0.05, 0) is 60.4 Å². The quantitative estimate of drug-likeness (QED) is 0.0403. The first kappa shape index (κ1) is 44.9. The van der Waals surface area contributed by atoms with Crippen molar-refractivity contribution >= 4 is 5.97 Å². The van der Waals surface area contributed by atoms with E-state index in [-0.39, 0.29) is 32.0 Å². The third-order valence-electron chi connectivity index (χ3n) is 10.8. The first-order valence-electron chi connectivity index (χ1n) is 21.6. The van der Waals surface area contributed by atoms with Crippen molar-refractivity contribution in [2.45, 2.75) is 64.9 Å². The summed E-state index contributed by atoms with van der Waals surface area (Å²) in [5, 5.41) is 31.0. The number of aromatic hydroxyl groups is 3. The lowest BCUT2D eigenvalue weighted by Gasteiger charge is -2.40. The topological polar surface area (TPSA) is 152 Å². The summed E-state index contributed by atoms with van der Waals surface area (Å²) in [5.41, 5.74) is 4.41. The van der Waals surface area contributed by atoms with E-state index >= 15 is 0 Å². The molecule has 0 aliphatic carbocycles. The minimum absolute atomic E-state index is 0.162. The number of fused-ring (bicyclic) bond motifs is 1. The lowest BCUT2D eigenvalue weighted by Crippen LogP contribution is -2.41. The van der Waals surface area contributed by atoms with Gasteiger partial charge in [0.1, 0.15) is 49.8 Å². The van der Waals surface area contributed by atoms with Gasteiger partial charge >= 0.3 is 5.97 Å². The molecule has 66 heavy (non-hydrogen) atoms. The van der Waals surface area contributed by atoms with Crippen molar-refractivity contribution in [3.05, 3.63) is 203 Å². The average Bonchev–Trinajstić information content (AvgIpc) is 3.34. The number of hydrogen-bond donors (Lipinski definition) is 3. The van der Waals surface area contributed by atoms with Gasteiger partial charge in [0.15, 0.2) is 47.2 Å². The molecule has 338 valence electrons. The molecule has 1 unspecified atom stereocenters. The molecule has 1 heterocycles. The largest absolute Gasteiger partial charge is 0.504 e. The second-order valence-electron chi connectivity index (χ2n) is 15.5. The minimum atomic E-state index is -1.29. The van der Waals surface area contributed by atoms with Crippen molar-refractivity contribution in [1.82, 2.24) is 0 Å². The van der Waals surface area contributed by atoms with Crippen LogP contribution in [0.15, 0.2) is 164 Å². The molecule has 12 nitrogen and oxygen atoms in total. The van der Waals surface area contributed by atoms with Gasteiger partial charge in [-0.2, -0.15) is 0 Å². The molecule has 0 saturated heterocycles. The molecular weight excluding hydrogens is 841 g/mol. The Bertz CT molecular complexity index is 2660. The van der Waals surface area contributed by atoms with Crippen LogP contribution < -0.4 is 23.7 Å². The fourth-order valence-electron chi connectivity index (χ4n) is 7.49. The van der Waals surface area contributed by atoms with Crippen LogP contribution in [0.1, 0.15) is 69.8 Å². The summed E-state index contributed by atoms with van der Waals surface area (Å²) < 4.78 is 51.9. The first-order chi connectivity index (χ1) is 32.2. The van der Waals surface area contributed by atoms with Crippen LogP contribution in [0, 0.1) is 0 Å². The van der Waals surface area contributed by atoms with E-state index in [1.54, 1.807) is 37.3 Å². The molecule has 1 aliphatic rings. The second-order valence-corrected chi connectivity index (χ2v) is 15.5. The maximum absolute atomic E-state index is 14.3. The summed E-state index contributed by atoms with van der Waals surface area (Å²) in [5.74, 6) is -1.21. The van der Waals surface area contributed by atoms with Crippen molar-refractivity contribution < 1.29 is 58.0 Å². The summed E-state index contributed by atoms with van der Waals surface area (Å²) in [4.78, 5) is 14.3. The van der Waals surface area contributed by atoms with Crippen LogP contribution in [-0.4, -0.2) is 40.3 Å². The van der Waals surface area contributed by atoms with Crippen molar-refractivity contribution in [2.75, 3.05) is 6.61 Å². The van der Waals surface area contributed by atoms with Crippen molar-refractivity contribution in [3.8, 4) is 46.0 Å². The number of carbonyl (C=O) groups excluding carboxylic acids is 1. The third-order valence-corrected chi connectivity index (χ3v) is 10.8. The summed E-state index contributed by atoms with van der Waals surface area (Å²) >= 11 is 0. The Morgan fingerprint density at radius 3 is 1.62 bits per heavy atom. The van der Waals surface area contributed by atoms with E-state index in [1.165, 1.54) is 0 Å². The molecule has 7 aromatic rings. The van der Waals surface area contributed by atoms with Gasteiger partial charge in [0, 0.05) is 24.3 Å². The van der Waals surface area contributed by atoms with Crippen LogP contribution in [0.5, 0.6) is 46.0 Å². The fraction of sp³-hybridized carbons (Fsp3) is 0.204. The molecule has 3 N–H and O–H groups in total. The van der Waals surface area contributed by atoms with E-state index in [0.29, 0.717) is 46.5 Å². The van der Waals surface area contributed by atoms with Crippen LogP contribution in [0.4, 0.5) is 0 Å². The Labute approximate surface area is 383 Å². The maximum Gasteiger partial charge on any atom is 0.338 e. The highest BCUT2D eigenvalue weighted by atomic mass is 16.7. The molecule has 0 bridgehead atoms. The third kappa shape index (κ3) is 11.2. The van der Waals surface area contributed by atoms with Crippen LogP contribution in [-0.2, 0) is 40.6 Å². The Hall–Kier alpha value is -7.67. The highest BCUT2D eigenvalue weighted by Crippen LogP contribution is 2.52. The molecule has 7 aromatic carbocycles. The average molecular weight is 891 g/mol. The van der Waals surface area contributed by atoms with Crippen molar-refractivity contribution in [3.63, 3.8) is 0 Å². The van der Waals surface area contributed by atoms with Gasteiger partial charge in [0.05, 0.1) is 11.1 Å². The highest BCUT2D eigenvalue weighted by Gasteiger charge is 2.46. The smallest absolute Gasteiger partial charge is 0.338 e. The standard InChI is InChI=1S/C54H50O12/c1-3-59-35(2)64-52-49-47(63-34-39-22-14-7-15-23-39)29-42(60-31-36-16-8-4-9-17-36)30-48(49)65-51(53(52)66-54(58)41-26-43(55)50(57)44(56)27-41)40-24-25-45(61-32-37-18-10-5-11-19-37)46(28-40)62-33-38-20-12-6-13-21-38/h4-30,35,51-53,55-57H,3,31-34H2,1-2H3/t35?,51-,52+,53-/m1/s1. The second kappa shape index (κ2) is 21.3. The van der Waals surface area contributed by atoms with Crippen LogP contribution in [0.25, 0.3) is 0 Å². The molecular formula is C54H50O12. The minimum Gasteiger partial charge on any atom is -0.504 e. The van der Waals surface area contributed by atoms with Crippen LogP contribution in [0.2, 0.25) is 0 Å². The summed E-state index contributed by atoms with van der Waals surface area (Å²) in [6, 6.07) is 49.7. The molecule has 0 spiro atoms. The normalized spacial score (nSPS) is 15.7.